The molecular weight excluding hydrogens is 460 g/mol. The molecule has 3 aromatic carbocycles. The molecular formula is C28H30N2O6. The molecule has 8 heteroatoms. The van der Waals surface area contributed by atoms with Gasteiger partial charge in [-0.1, -0.05) is 24.3 Å². The molecule has 1 N–H and O–H groups in total. The first kappa shape index (κ1) is 24.9. The summed E-state index contributed by atoms with van der Waals surface area (Å²) in [4.78, 5) is 28.9. The standard InChI is InChI=1S/C28H30N2O6/c1-30-26(18-8-12-20(34-3)13-9-18)25(27(31)29-16-17-6-10-19(33-2)11-7-17)21-14-23(35-4)24(36-5)15-22(21)28(30)32/h6-15,25-26H,16H2,1-5H3,(H,29,31). The molecule has 1 aliphatic heterocycles. The topological polar surface area (TPSA) is 86.3 Å². The van der Waals surface area contributed by atoms with E-state index in [0.717, 1.165) is 16.9 Å². The maximum atomic E-state index is 13.8. The summed E-state index contributed by atoms with van der Waals surface area (Å²) >= 11 is 0. The average Bonchev–Trinajstić information content (AvgIpc) is 2.93. The van der Waals surface area contributed by atoms with Crippen molar-refractivity contribution in [1.29, 1.82) is 0 Å². The van der Waals surface area contributed by atoms with Gasteiger partial charge in [0.15, 0.2) is 11.5 Å². The number of methoxy groups -OCH3 is 4. The van der Waals surface area contributed by atoms with Crippen LogP contribution in [0.1, 0.15) is 39.0 Å². The predicted molar refractivity (Wildman–Crippen MR) is 135 cm³/mol. The fourth-order valence-corrected chi connectivity index (χ4v) is 4.59. The lowest BCUT2D eigenvalue weighted by atomic mass is 9.79. The summed E-state index contributed by atoms with van der Waals surface area (Å²) < 4.78 is 21.4. The fourth-order valence-electron chi connectivity index (χ4n) is 4.59. The molecule has 0 aliphatic carbocycles. The monoisotopic (exact) mass is 490 g/mol. The number of amides is 2. The molecule has 1 aliphatic rings. The molecule has 2 amide bonds. The van der Waals surface area contributed by atoms with E-state index in [0.29, 0.717) is 34.9 Å². The largest absolute Gasteiger partial charge is 0.497 e. The van der Waals surface area contributed by atoms with Gasteiger partial charge in [0.2, 0.25) is 5.91 Å². The second-order valence-electron chi connectivity index (χ2n) is 8.47. The first-order valence-electron chi connectivity index (χ1n) is 11.5. The van der Waals surface area contributed by atoms with Crippen LogP contribution in [0, 0.1) is 0 Å². The Hall–Kier alpha value is -4.20. The number of hydrogen-bond acceptors (Lipinski definition) is 6. The molecule has 36 heavy (non-hydrogen) atoms. The highest BCUT2D eigenvalue weighted by Crippen LogP contribution is 2.45. The Kier molecular flexibility index (Phi) is 7.33. The van der Waals surface area contributed by atoms with Gasteiger partial charge >= 0.3 is 0 Å². The van der Waals surface area contributed by atoms with E-state index in [1.165, 1.54) is 14.2 Å². The van der Waals surface area contributed by atoms with Crippen LogP contribution >= 0.6 is 0 Å². The lowest BCUT2D eigenvalue weighted by Gasteiger charge is -2.40. The van der Waals surface area contributed by atoms with Crippen LogP contribution in [0.3, 0.4) is 0 Å². The lowest BCUT2D eigenvalue weighted by molar-refractivity contribution is -0.124. The van der Waals surface area contributed by atoms with Gasteiger partial charge in [-0.3, -0.25) is 9.59 Å². The Morgan fingerprint density at radius 1 is 0.833 bits per heavy atom. The summed E-state index contributed by atoms with van der Waals surface area (Å²) in [6.07, 6.45) is 0. The molecule has 2 unspecified atom stereocenters. The van der Waals surface area contributed by atoms with E-state index in [9.17, 15) is 9.59 Å². The van der Waals surface area contributed by atoms with Gasteiger partial charge in [-0.2, -0.15) is 0 Å². The zero-order chi connectivity index (χ0) is 25.8. The molecule has 188 valence electrons. The number of nitrogens with zero attached hydrogens (tertiary/aromatic N) is 1. The Bertz CT molecular complexity index is 1240. The normalized spacial score (nSPS) is 16.7. The van der Waals surface area contributed by atoms with Crippen molar-refractivity contribution in [2.45, 2.75) is 18.5 Å². The predicted octanol–water partition coefficient (Wildman–Crippen LogP) is 3.95. The highest BCUT2D eigenvalue weighted by Gasteiger charge is 2.43. The zero-order valence-electron chi connectivity index (χ0n) is 21.0. The van der Waals surface area contributed by atoms with Crippen LogP contribution in [0.2, 0.25) is 0 Å². The van der Waals surface area contributed by atoms with Crippen molar-refractivity contribution in [2.24, 2.45) is 0 Å². The second kappa shape index (κ2) is 10.6. The molecule has 0 spiro atoms. The minimum absolute atomic E-state index is 0.203. The van der Waals surface area contributed by atoms with E-state index in [4.69, 9.17) is 18.9 Å². The molecule has 0 aromatic heterocycles. The van der Waals surface area contributed by atoms with Crippen LogP contribution in [0.25, 0.3) is 0 Å². The van der Waals surface area contributed by atoms with Crippen molar-refractivity contribution in [3.63, 3.8) is 0 Å². The van der Waals surface area contributed by atoms with Crippen LogP contribution in [-0.4, -0.2) is 52.2 Å². The molecule has 1 heterocycles. The summed E-state index contributed by atoms with van der Waals surface area (Å²) in [6, 6.07) is 17.7. The van der Waals surface area contributed by atoms with Crippen molar-refractivity contribution in [1.82, 2.24) is 10.2 Å². The second-order valence-corrected chi connectivity index (χ2v) is 8.47. The number of ether oxygens (including phenoxy) is 4. The van der Waals surface area contributed by atoms with Crippen LogP contribution in [0.5, 0.6) is 23.0 Å². The van der Waals surface area contributed by atoms with E-state index in [1.807, 2.05) is 48.5 Å². The Morgan fingerprint density at radius 2 is 1.39 bits per heavy atom. The van der Waals surface area contributed by atoms with Gasteiger partial charge in [0, 0.05) is 19.2 Å². The SMILES string of the molecule is COc1ccc(CNC(=O)C2c3cc(OC)c(OC)cc3C(=O)N(C)C2c2ccc(OC)cc2)cc1. The van der Waals surface area contributed by atoms with Gasteiger partial charge in [-0.05, 0) is 53.1 Å². The number of benzene rings is 3. The van der Waals surface area contributed by atoms with E-state index >= 15 is 0 Å². The third kappa shape index (κ3) is 4.66. The summed E-state index contributed by atoms with van der Waals surface area (Å²) in [5.74, 6) is 1.22. The Balaban J connectivity index is 1.76. The van der Waals surface area contributed by atoms with Gasteiger partial charge in [-0.25, -0.2) is 0 Å². The van der Waals surface area contributed by atoms with Crippen molar-refractivity contribution in [2.75, 3.05) is 35.5 Å². The minimum Gasteiger partial charge on any atom is -0.497 e. The molecule has 0 saturated heterocycles. The molecule has 4 rings (SSSR count). The van der Waals surface area contributed by atoms with Crippen molar-refractivity contribution < 1.29 is 28.5 Å². The summed E-state index contributed by atoms with van der Waals surface area (Å²) in [7, 11) is 7.95. The zero-order valence-corrected chi connectivity index (χ0v) is 21.0. The molecule has 0 radical (unpaired) electrons. The number of carbonyl (C=O) groups is 2. The number of fused-ring (bicyclic) bond motifs is 1. The van der Waals surface area contributed by atoms with E-state index in [1.54, 1.807) is 38.3 Å². The first-order chi connectivity index (χ1) is 17.4. The van der Waals surface area contributed by atoms with Gasteiger partial charge in [-0.15, -0.1) is 0 Å². The van der Waals surface area contributed by atoms with Gasteiger partial charge in [0.1, 0.15) is 11.5 Å². The number of nitrogens with one attached hydrogen (secondary N) is 1. The van der Waals surface area contributed by atoms with Gasteiger partial charge in [0.05, 0.1) is 40.4 Å². The third-order valence-corrected chi connectivity index (χ3v) is 6.54. The molecule has 3 aromatic rings. The Morgan fingerprint density at radius 3 is 1.94 bits per heavy atom. The molecule has 0 saturated carbocycles. The third-order valence-electron chi connectivity index (χ3n) is 6.54. The maximum Gasteiger partial charge on any atom is 0.254 e. The molecule has 0 fully saturated rings. The minimum atomic E-state index is -0.686. The number of hydrogen-bond donors (Lipinski definition) is 1. The highest BCUT2D eigenvalue weighted by atomic mass is 16.5. The summed E-state index contributed by atoms with van der Waals surface area (Å²) in [6.45, 7) is 0.328. The van der Waals surface area contributed by atoms with E-state index < -0.39 is 12.0 Å². The molecule has 0 bridgehead atoms. The summed E-state index contributed by atoms with van der Waals surface area (Å²) in [5.41, 5.74) is 2.74. The lowest BCUT2D eigenvalue weighted by Crippen LogP contribution is -2.45. The van der Waals surface area contributed by atoms with Crippen molar-refractivity contribution >= 4 is 11.8 Å². The first-order valence-corrected chi connectivity index (χ1v) is 11.5. The number of rotatable bonds is 8. The van der Waals surface area contributed by atoms with E-state index in [-0.39, 0.29) is 11.8 Å². The van der Waals surface area contributed by atoms with Crippen LogP contribution in [0.4, 0.5) is 0 Å². The van der Waals surface area contributed by atoms with Crippen LogP contribution < -0.4 is 24.3 Å². The van der Waals surface area contributed by atoms with Crippen molar-refractivity contribution in [3.8, 4) is 23.0 Å². The molecule has 8 nitrogen and oxygen atoms in total. The smallest absolute Gasteiger partial charge is 0.254 e. The quantitative estimate of drug-likeness (QED) is 0.515. The maximum absolute atomic E-state index is 13.8. The highest BCUT2D eigenvalue weighted by molar-refractivity contribution is 6.02. The fraction of sp³-hybridized carbons (Fsp3) is 0.286. The Labute approximate surface area is 210 Å². The number of carbonyl (C=O) groups excluding carboxylic acids is 2. The van der Waals surface area contributed by atoms with Crippen LogP contribution in [0.15, 0.2) is 60.7 Å². The summed E-state index contributed by atoms with van der Waals surface area (Å²) in [5, 5.41) is 3.06. The average molecular weight is 491 g/mol. The van der Waals surface area contributed by atoms with Crippen LogP contribution in [-0.2, 0) is 11.3 Å². The van der Waals surface area contributed by atoms with Crippen molar-refractivity contribution in [3.05, 3.63) is 82.9 Å². The number of likely N-dealkylation sites (N-methyl/N-ethyl adjacent to an activating group) is 1. The van der Waals surface area contributed by atoms with E-state index in [2.05, 4.69) is 5.32 Å². The molecule has 2 atom stereocenters. The van der Waals surface area contributed by atoms with Gasteiger partial charge in [0.25, 0.3) is 5.91 Å². The van der Waals surface area contributed by atoms with Gasteiger partial charge < -0.3 is 29.2 Å².